The van der Waals surface area contributed by atoms with Crippen LogP contribution in [0.2, 0.25) is 0 Å². The Kier molecular flexibility index (Phi) is 14.6. The van der Waals surface area contributed by atoms with Crippen LogP contribution in [0, 0.1) is 0 Å². The molecule has 2 nitrogen and oxygen atoms in total. The number of aliphatic imine (C=N–C) groups is 1. The van der Waals surface area contributed by atoms with Gasteiger partial charge in [-0.3, -0.25) is 4.99 Å². The van der Waals surface area contributed by atoms with Gasteiger partial charge in [-0.2, -0.15) is 0 Å². The Morgan fingerprint density at radius 1 is 0.947 bits per heavy atom. The van der Waals surface area contributed by atoms with Gasteiger partial charge in [0.1, 0.15) is 0 Å². The largest absolute Gasteiger partial charge is 0.363 e. The van der Waals surface area contributed by atoms with Crippen LogP contribution in [0.15, 0.2) is 4.99 Å². The van der Waals surface area contributed by atoms with Crippen molar-refractivity contribution in [1.29, 1.82) is 0 Å². The summed E-state index contributed by atoms with van der Waals surface area (Å²) >= 11 is 1.90. The van der Waals surface area contributed by atoms with Crippen LogP contribution in [0.5, 0.6) is 0 Å². The van der Waals surface area contributed by atoms with Crippen molar-refractivity contribution in [3.8, 4) is 0 Å². The SMILES string of the molecule is CCCCCCCCCCCCSC1=NCCN1.Cl. The molecule has 0 saturated carbocycles. The van der Waals surface area contributed by atoms with E-state index >= 15 is 0 Å². The number of rotatable bonds is 11. The Morgan fingerprint density at radius 2 is 1.53 bits per heavy atom. The molecule has 19 heavy (non-hydrogen) atoms. The van der Waals surface area contributed by atoms with Crippen molar-refractivity contribution in [2.75, 3.05) is 18.8 Å². The molecule has 1 rings (SSSR count). The molecule has 1 N–H and O–H groups in total. The number of hydrogen-bond donors (Lipinski definition) is 1. The summed E-state index contributed by atoms with van der Waals surface area (Å²) in [5.41, 5.74) is 0. The molecule has 1 aliphatic rings. The maximum Gasteiger partial charge on any atom is 0.156 e. The first-order valence-electron chi connectivity index (χ1n) is 7.84. The van der Waals surface area contributed by atoms with Gasteiger partial charge in [-0.05, 0) is 6.42 Å². The van der Waals surface area contributed by atoms with Gasteiger partial charge in [-0.25, -0.2) is 0 Å². The van der Waals surface area contributed by atoms with Crippen LogP contribution in [0.3, 0.4) is 0 Å². The van der Waals surface area contributed by atoms with E-state index in [1.54, 1.807) is 0 Å². The molecule has 0 fully saturated rings. The molecule has 0 unspecified atom stereocenters. The van der Waals surface area contributed by atoms with Gasteiger partial charge in [0.2, 0.25) is 0 Å². The molecule has 0 atom stereocenters. The molecule has 0 radical (unpaired) electrons. The van der Waals surface area contributed by atoms with Gasteiger partial charge in [-0.15, -0.1) is 12.4 Å². The van der Waals surface area contributed by atoms with Crippen LogP contribution in [-0.2, 0) is 0 Å². The summed E-state index contributed by atoms with van der Waals surface area (Å²) in [6.45, 7) is 4.30. The Balaban J connectivity index is 0.00000324. The van der Waals surface area contributed by atoms with E-state index in [2.05, 4.69) is 17.2 Å². The summed E-state index contributed by atoms with van der Waals surface area (Å²) in [5.74, 6) is 1.24. The third-order valence-corrected chi connectivity index (χ3v) is 4.42. The van der Waals surface area contributed by atoms with Gasteiger partial charge in [-0.1, -0.05) is 76.5 Å². The fourth-order valence-corrected chi connectivity index (χ4v) is 3.16. The van der Waals surface area contributed by atoms with Gasteiger partial charge in [0.15, 0.2) is 5.17 Å². The fraction of sp³-hybridized carbons (Fsp3) is 0.933. The van der Waals surface area contributed by atoms with Gasteiger partial charge in [0.05, 0.1) is 6.54 Å². The number of hydrogen-bond acceptors (Lipinski definition) is 3. The number of nitrogens with zero attached hydrogens (tertiary/aromatic N) is 1. The molecule has 0 aromatic carbocycles. The van der Waals surface area contributed by atoms with Crippen molar-refractivity contribution in [3.63, 3.8) is 0 Å². The van der Waals surface area contributed by atoms with Crippen molar-refractivity contribution in [2.24, 2.45) is 4.99 Å². The standard InChI is InChI=1S/C15H30N2S.ClH/c1-2-3-4-5-6-7-8-9-10-11-14-18-15-16-12-13-17-15;/h2-14H2,1H3,(H,16,17);1H. The van der Waals surface area contributed by atoms with E-state index in [1.165, 1.54) is 75.1 Å². The molecule has 0 spiro atoms. The first-order valence-corrected chi connectivity index (χ1v) is 8.83. The maximum absolute atomic E-state index is 4.39. The third kappa shape index (κ3) is 11.6. The zero-order chi connectivity index (χ0) is 12.9. The summed E-state index contributed by atoms with van der Waals surface area (Å²) in [6, 6.07) is 0. The average molecular weight is 307 g/mol. The lowest BCUT2D eigenvalue weighted by atomic mass is 10.1. The van der Waals surface area contributed by atoms with Crippen LogP contribution < -0.4 is 5.32 Å². The Hall–Kier alpha value is 0.110. The highest BCUT2D eigenvalue weighted by Crippen LogP contribution is 2.13. The van der Waals surface area contributed by atoms with Gasteiger partial charge in [0, 0.05) is 12.3 Å². The van der Waals surface area contributed by atoms with Crippen LogP contribution >= 0.6 is 24.2 Å². The summed E-state index contributed by atoms with van der Waals surface area (Å²) < 4.78 is 0. The molecule has 0 aromatic heterocycles. The second kappa shape index (κ2) is 14.5. The van der Waals surface area contributed by atoms with Crippen LogP contribution in [0.25, 0.3) is 0 Å². The highest BCUT2D eigenvalue weighted by molar-refractivity contribution is 8.13. The quantitative estimate of drug-likeness (QED) is 0.542. The predicted octanol–water partition coefficient (Wildman–Crippen LogP) is 5.02. The molecular weight excluding hydrogens is 276 g/mol. The summed E-state index contributed by atoms with van der Waals surface area (Å²) in [4.78, 5) is 4.39. The second-order valence-corrected chi connectivity index (χ2v) is 6.23. The monoisotopic (exact) mass is 306 g/mol. The average Bonchev–Trinajstić information content (AvgIpc) is 2.89. The van der Waals surface area contributed by atoms with Crippen LogP contribution in [-0.4, -0.2) is 24.0 Å². The molecule has 4 heteroatoms. The van der Waals surface area contributed by atoms with E-state index in [-0.39, 0.29) is 12.4 Å². The summed E-state index contributed by atoms with van der Waals surface area (Å²) in [5, 5.41) is 4.48. The molecule has 0 aliphatic carbocycles. The van der Waals surface area contributed by atoms with E-state index in [4.69, 9.17) is 0 Å². The van der Waals surface area contributed by atoms with Crippen LogP contribution in [0.1, 0.15) is 71.1 Å². The second-order valence-electron chi connectivity index (χ2n) is 5.14. The van der Waals surface area contributed by atoms with Gasteiger partial charge < -0.3 is 5.32 Å². The number of nitrogens with one attached hydrogen (secondary N) is 1. The number of thioether (sulfide) groups is 1. The molecular formula is C15H31ClN2S. The van der Waals surface area contributed by atoms with Crippen molar-refractivity contribution in [1.82, 2.24) is 5.32 Å². The minimum absolute atomic E-state index is 0. The van der Waals surface area contributed by atoms with E-state index in [0.29, 0.717) is 0 Å². The Labute approximate surface area is 130 Å². The highest BCUT2D eigenvalue weighted by atomic mass is 35.5. The Bertz CT molecular complexity index is 222. The zero-order valence-electron chi connectivity index (χ0n) is 12.5. The highest BCUT2D eigenvalue weighted by Gasteiger charge is 2.04. The van der Waals surface area contributed by atoms with Crippen molar-refractivity contribution in [3.05, 3.63) is 0 Å². The van der Waals surface area contributed by atoms with Gasteiger partial charge >= 0.3 is 0 Å². The van der Waals surface area contributed by atoms with Crippen molar-refractivity contribution >= 4 is 29.3 Å². The minimum Gasteiger partial charge on any atom is -0.363 e. The lowest BCUT2D eigenvalue weighted by Crippen LogP contribution is -2.15. The maximum atomic E-state index is 4.39. The third-order valence-electron chi connectivity index (χ3n) is 3.38. The first-order chi connectivity index (χ1) is 8.93. The van der Waals surface area contributed by atoms with E-state index < -0.39 is 0 Å². The minimum atomic E-state index is 0. The number of unbranched alkanes of at least 4 members (excludes halogenated alkanes) is 9. The summed E-state index contributed by atoms with van der Waals surface area (Å²) in [7, 11) is 0. The van der Waals surface area contributed by atoms with E-state index in [9.17, 15) is 0 Å². The van der Waals surface area contributed by atoms with E-state index in [1.807, 2.05) is 11.8 Å². The smallest absolute Gasteiger partial charge is 0.156 e. The van der Waals surface area contributed by atoms with Gasteiger partial charge in [0.25, 0.3) is 0 Å². The Morgan fingerprint density at radius 3 is 2.05 bits per heavy atom. The van der Waals surface area contributed by atoms with Crippen molar-refractivity contribution in [2.45, 2.75) is 71.1 Å². The lowest BCUT2D eigenvalue weighted by Gasteiger charge is -2.03. The molecule has 0 amide bonds. The lowest BCUT2D eigenvalue weighted by molar-refractivity contribution is 0.563. The fourth-order valence-electron chi connectivity index (χ4n) is 2.23. The molecule has 0 aromatic rings. The van der Waals surface area contributed by atoms with E-state index in [0.717, 1.165) is 13.1 Å². The first kappa shape index (κ1) is 19.1. The normalized spacial score (nSPS) is 13.8. The van der Waals surface area contributed by atoms with Crippen molar-refractivity contribution < 1.29 is 0 Å². The topological polar surface area (TPSA) is 24.4 Å². The predicted molar refractivity (Wildman–Crippen MR) is 91.9 cm³/mol. The van der Waals surface area contributed by atoms with Crippen LogP contribution in [0.4, 0.5) is 0 Å². The molecule has 0 saturated heterocycles. The molecule has 1 aliphatic heterocycles. The summed E-state index contributed by atoms with van der Waals surface area (Å²) in [6.07, 6.45) is 14.2. The number of halogens is 1. The molecule has 114 valence electrons. The number of amidine groups is 1. The zero-order valence-corrected chi connectivity index (χ0v) is 14.1. The molecule has 0 bridgehead atoms. The molecule has 1 heterocycles.